The molecule has 2 aromatic carbocycles. The predicted molar refractivity (Wildman–Crippen MR) is 137 cm³/mol. The Kier molecular flexibility index (Phi) is 8.57. The lowest BCUT2D eigenvalue weighted by Crippen LogP contribution is -2.37. The van der Waals surface area contributed by atoms with Crippen molar-refractivity contribution >= 4 is 39.7 Å². The molecule has 0 bridgehead atoms. The number of halogens is 1. The lowest BCUT2D eigenvalue weighted by atomic mass is 9.81. The summed E-state index contributed by atoms with van der Waals surface area (Å²) in [7, 11) is -3.21. The summed E-state index contributed by atoms with van der Waals surface area (Å²) < 4.78 is 42.2. The number of nitrogens with zero attached hydrogens (tertiary/aromatic N) is 1. The molecule has 6 nitrogen and oxygen atoms in total. The average molecular weight is 510 g/mol. The molecule has 1 aliphatic rings. The molecule has 1 aliphatic heterocycles. The highest BCUT2D eigenvalue weighted by atomic mass is 32.3. The first-order chi connectivity index (χ1) is 16.1. The van der Waals surface area contributed by atoms with Gasteiger partial charge < -0.3 is 14.7 Å². The Morgan fingerprint density at radius 3 is 2.56 bits per heavy atom. The van der Waals surface area contributed by atoms with Gasteiger partial charge in [-0.3, -0.25) is 9.11 Å². The van der Waals surface area contributed by atoms with Crippen LogP contribution in [0, 0.1) is 11.2 Å². The molecule has 0 aliphatic carbocycles. The average Bonchev–Trinajstić information content (AvgIpc) is 2.90. The van der Waals surface area contributed by atoms with Gasteiger partial charge in [0.25, 0.3) is 0 Å². The van der Waals surface area contributed by atoms with Gasteiger partial charge in [-0.25, -0.2) is 9.18 Å². The van der Waals surface area contributed by atoms with Crippen LogP contribution in [0.1, 0.15) is 39.5 Å². The van der Waals surface area contributed by atoms with E-state index in [-0.39, 0.29) is 17.0 Å². The van der Waals surface area contributed by atoms with Crippen molar-refractivity contribution in [3.8, 4) is 5.75 Å². The summed E-state index contributed by atoms with van der Waals surface area (Å²) >= 11 is 1.41. The lowest BCUT2D eigenvalue weighted by molar-refractivity contribution is -0.131. The minimum Gasteiger partial charge on any atom is -0.478 e. The number of aliphatic carboxylic acids is 1. The number of rotatable bonds is 9. The summed E-state index contributed by atoms with van der Waals surface area (Å²) in [4.78, 5) is 14.0. The van der Waals surface area contributed by atoms with Gasteiger partial charge in [0, 0.05) is 29.5 Å². The Balaban J connectivity index is 2.21. The summed E-state index contributed by atoms with van der Waals surface area (Å²) in [5, 5.41) is 8.88. The largest absolute Gasteiger partial charge is 0.478 e. The van der Waals surface area contributed by atoms with Gasteiger partial charge in [-0.05, 0) is 49.4 Å². The summed E-state index contributed by atoms with van der Waals surface area (Å²) in [6.07, 6.45) is 7.36. The van der Waals surface area contributed by atoms with E-state index in [1.165, 1.54) is 23.9 Å². The highest BCUT2D eigenvalue weighted by molar-refractivity contribution is 8.24. The van der Waals surface area contributed by atoms with Crippen LogP contribution in [-0.2, 0) is 4.79 Å². The van der Waals surface area contributed by atoms with Gasteiger partial charge >= 0.3 is 5.97 Å². The van der Waals surface area contributed by atoms with E-state index in [0.717, 1.165) is 43.7 Å². The highest BCUT2D eigenvalue weighted by Gasteiger charge is 2.42. The van der Waals surface area contributed by atoms with E-state index in [2.05, 4.69) is 13.8 Å². The molecular weight excluding hydrogens is 477 g/mol. The molecule has 0 unspecified atom stereocenters. The van der Waals surface area contributed by atoms with Gasteiger partial charge in [-0.15, -0.1) is 11.8 Å². The minimum atomic E-state index is -3.21. The number of carboxylic acids is 1. The van der Waals surface area contributed by atoms with Crippen molar-refractivity contribution in [2.24, 2.45) is 5.41 Å². The Bertz CT molecular complexity index is 1040. The molecule has 2 aromatic rings. The lowest BCUT2D eigenvalue weighted by Gasteiger charge is -2.41. The number of hydrogen-bond acceptors (Lipinski definition) is 6. The monoisotopic (exact) mass is 509 g/mol. The molecule has 0 saturated heterocycles. The fourth-order valence-electron chi connectivity index (χ4n) is 4.34. The van der Waals surface area contributed by atoms with Crippen LogP contribution in [0.2, 0.25) is 0 Å². The highest BCUT2D eigenvalue weighted by Crippen LogP contribution is 2.62. The van der Waals surface area contributed by atoms with Gasteiger partial charge in [0.2, 0.25) is 0 Å². The molecule has 1 heterocycles. The summed E-state index contributed by atoms with van der Waals surface area (Å²) in [6.45, 7) is 4.75. The Morgan fingerprint density at radius 1 is 1.26 bits per heavy atom. The minimum absolute atomic E-state index is 0.213. The second-order valence-corrected chi connectivity index (χ2v) is 11.5. The van der Waals surface area contributed by atoms with Crippen molar-refractivity contribution < 1.29 is 28.1 Å². The number of fused-ring (bicyclic) bond motifs is 1. The van der Waals surface area contributed by atoms with Crippen LogP contribution in [0.3, 0.4) is 0 Å². The summed E-state index contributed by atoms with van der Waals surface area (Å²) in [5.41, 5.74) is 1.05. The van der Waals surface area contributed by atoms with E-state index < -0.39 is 16.6 Å². The molecule has 3 N–H and O–H groups in total. The third-order valence-electron chi connectivity index (χ3n) is 6.24. The first-order valence-corrected chi connectivity index (χ1v) is 14.2. The molecule has 1 atom stereocenters. The van der Waals surface area contributed by atoms with E-state index in [0.29, 0.717) is 27.8 Å². The zero-order valence-corrected chi connectivity index (χ0v) is 21.3. The standard InChI is InChI=1S/C25H32FNO5S2/c1-4-6-12-25(5-2)16-27(19-9-7-18(26)8-10-19)20-14-22(33-3)21(32-13-11-24(28)29)15-23(20)34(30,31)17-25/h7-11,13-15,30-31H,4-6,12,16-17H2,1-3H3,(H,28,29)/b13-11+/t25-/m0/s1. The number of hydrogen-bond donors (Lipinski definition) is 3. The van der Waals surface area contributed by atoms with Crippen molar-refractivity contribution in [3.63, 3.8) is 0 Å². The third-order valence-corrected chi connectivity index (χ3v) is 9.05. The van der Waals surface area contributed by atoms with Crippen molar-refractivity contribution in [2.45, 2.75) is 49.3 Å². The smallest absolute Gasteiger partial charge is 0.331 e. The number of carbonyl (C=O) groups is 1. The van der Waals surface area contributed by atoms with Crippen molar-refractivity contribution in [1.82, 2.24) is 0 Å². The van der Waals surface area contributed by atoms with E-state index in [4.69, 9.17) is 9.84 Å². The fraction of sp³-hybridized carbons (Fsp3) is 0.400. The molecule has 3 rings (SSSR count). The molecule has 0 fully saturated rings. The molecule has 0 aromatic heterocycles. The quantitative estimate of drug-likeness (QED) is 0.185. The summed E-state index contributed by atoms with van der Waals surface area (Å²) in [5.74, 6) is -0.921. The van der Waals surface area contributed by atoms with E-state index in [1.54, 1.807) is 18.2 Å². The molecule has 0 spiro atoms. The van der Waals surface area contributed by atoms with Crippen molar-refractivity contribution in [2.75, 3.05) is 23.5 Å². The molecule has 186 valence electrons. The molecule has 0 radical (unpaired) electrons. The zero-order valence-electron chi connectivity index (χ0n) is 19.7. The predicted octanol–water partition coefficient (Wildman–Crippen LogP) is 7.37. The van der Waals surface area contributed by atoms with Crippen molar-refractivity contribution in [1.29, 1.82) is 0 Å². The molecule has 34 heavy (non-hydrogen) atoms. The normalized spacial score (nSPS) is 20.6. The van der Waals surface area contributed by atoms with Crippen LogP contribution in [-0.4, -0.2) is 38.7 Å². The van der Waals surface area contributed by atoms with Crippen LogP contribution in [0.5, 0.6) is 5.75 Å². The first kappa shape index (κ1) is 26.4. The van der Waals surface area contributed by atoms with Gasteiger partial charge in [0.15, 0.2) is 0 Å². The Hall–Kier alpha value is -2.20. The first-order valence-electron chi connectivity index (χ1n) is 11.2. The molecule has 9 heteroatoms. The van der Waals surface area contributed by atoms with Gasteiger partial charge in [0.05, 0.1) is 27.8 Å². The van der Waals surface area contributed by atoms with Gasteiger partial charge in [0.1, 0.15) is 11.6 Å². The number of thioether (sulfide) groups is 1. The van der Waals surface area contributed by atoms with Crippen LogP contribution in [0.15, 0.2) is 58.5 Å². The zero-order chi connectivity index (χ0) is 24.9. The van der Waals surface area contributed by atoms with Crippen molar-refractivity contribution in [3.05, 3.63) is 54.6 Å². The Morgan fingerprint density at radius 2 is 1.97 bits per heavy atom. The second-order valence-electron chi connectivity index (χ2n) is 8.56. The fourth-order valence-corrected chi connectivity index (χ4v) is 7.12. The van der Waals surface area contributed by atoms with E-state index in [9.17, 15) is 18.3 Å². The third kappa shape index (κ3) is 5.89. The SMILES string of the molecule is CCCC[C@@]1(CC)CN(c2ccc(F)cc2)c2cc(SC)c(O/C=C/C(=O)O)cc2S(O)(O)C1. The topological polar surface area (TPSA) is 90.2 Å². The van der Waals surface area contributed by atoms with Crippen LogP contribution in [0.25, 0.3) is 0 Å². The van der Waals surface area contributed by atoms with E-state index >= 15 is 0 Å². The number of benzene rings is 2. The summed E-state index contributed by atoms with van der Waals surface area (Å²) in [6, 6.07) is 9.66. The maximum Gasteiger partial charge on any atom is 0.331 e. The maximum atomic E-state index is 13.7. The van der Waals surface area contributed by atoms with Crippen LogP contribution < -0.4 is 9.64 Å². The second kappa shape index (κ2) is 11.0. The van der Waals surface area contributed by atoms with Gasteiger partial charge in [-0.1, -0.05) is 26.7 Å². The molecular formula is C25H32FNO5S2. The van der Waals surface area contributed by atoms with E-state index in [1.807, 2.05) is 17.2 Å². The number of unbranched alkanes of at least 4 members (excludes halogenated alkanes) is 1. The Labute approximate surface area is 206 Å². The molecule has 0 amide bonds. The van der Waals surface area contributed by atoms with Crippen LogP contribution in [0.4, 0.5) is 15.8 Å². The van der Waals surface area contributed by atoms with Crippen LogP contribution >= 0.6 is 22.4 Å². The number of carboxylic acid groups (broad SMARTS) is 1. The number of anilines is 2. The number of ether oxygens (including phenoxy) is 1. The maximum absolute atomic E-state index is 13.7. The van der Waals surface area contributed by atoms with Gasteiger partial charge in [-0.2, -0.15) is 10.6 Å². The molecule has 0 saturated carbocycles.